The van der Waals surface area contributed by atoms with E-state index in [2.05, 4.69) is 30.5 Å². The molecule has 8 nitrogen and oxygen atoms in total. The number of nitrogens with one attached hydrogen (secondary N) is 2. The van der Waals surface area contributed by atoms with Crippen molar-refractivity contribution in [3.05, 3.63) is 65.6 Å². The summed E-state index contributed by atoms with van der Waals surface area (Å²) in [5.41, 5.74) is 8.40. The van der Waals surface area contributed by atoms with Crippen LogP contribution in [0.25, 0.3) is 22.0 Å². The van der Waals surface area contributed by atoms with Crippen molar-refractivity contribution < 1.29 is 4.79 Å². The Labute approximate surface area is 158 Å². The second-order valence-corrected chi connectivity index (χ2v) is 6.48. The third kappa shape index (κ3) is 3.53. The molecule has 0 aliphatic heterocycles. The Kier molecular flexibility index (Phi) is 4.58. The van der Waals surface area contributed by atoms with Gasteiger partial charge in [0, 0.05) is 17.8 Å². The van der Waals surface area contributed by atoms with E-state index in [-0.39, 0.29) is 18.3 Å². The number of aromatic nitrogens is 5. The highest BCUT2D eigenvalue weighted by Gasteiger charge is 2.19. The molecule has 0 aliphatic carbocycles. The average Bonchev–Trinajstić information content (AvgIpc) is 3.34. The fraction of sp³-hybridized carbons (Fsp3) is 0.0556. The second-order valence-electron chi connectivity index (χ2n) is 5.62. The molecule has 4 N–H and O–H groups in total. The van der Waals surface area contributed by atoms with Gasteiger partial charge in [-0.25, -0.2) is 15.0 Å². The third-order valence-electron chi connectivity index (χ3n) is 3.82. The van der Waals surface area contributed by atoms with Crippen LogP contribution in [0.5, 0.6) is 0 Å². The molecule has 4 aromatic rings. The number of aromatic amines is 1. The summed E-state index contributed by atoms with van der Waals surface area (Å²) in [5.74, 6) is 0.542. The van der Waals surface area contributed by atoms with Crippen LogP contribution in [0.2, 0.25) is 0 Å². The molecule has 0 radical (unpaired) electrons. The minimum atomic E-state index is -0.302. The number of anilines is 1. The smallest absolute Gasteiger partial charge is 0.270 e. The SMILES string of the molecule is Nc1n[nH]c(C(=O)NCc2csc(-c3ncccn3)n2)c1-c1ccccc1. The molecule has 0 unspecified atom stereocenters. The molecule has 0 aliphatic rings. The molecule has 9 heteroatoms. The first-order valence-electron chi connectivity index (χ1n) is 8.11. The predicted octanol–water partition coefficient (Wildman–Crippen LogP) is 2.50. The molecule has 27 heavy (non-hydrogen) atoms. The van der Waals surface area contributed by atoms with E-state index in [9.17, 15) is 4.79 Å². The van der Waals surface area contributed by atoms with Crippen LogP contribution in [-0.2, 0) is 6.54 Å². The topological polar surface area (TPSA) is 122 Å². The Balaban J connectivity index is 1.49. The van der Waals surface area contributed by atoms with Crippen LogP contribution >= 0.6 is 11.3 Å². The van der Waals surface area contributed by atoms with E-state index in [0.29, 0.717) is 22.1 Å². The summed E-state index contributed by atoms with van der Waals surface area (Å²) in [7, 11) is 0. The Bertz CT molecular complexity index is 1060. The lowest BCUT2D eigenvalue weighted by atomic mass is 10.1. The van der Waals surface area contributed by atoms with Crippen LogP contribution in [0.3, 0.4) is 0 Å². The van der Waals surface area contributed by atoms with E-state index in [1.165, 1.54) is 11.3 Å². The first-order valence-corrected chi connectivity index (χ1v) is 8.99. The molecule has 0 saturated heterocycles. The Hall–Kier alpha value is -3.59. The lowest BCUT2D eigenvalue weighted by Crippen LogP contribution is -2.24. The summed E-state index contributed by atoms with van der Waals surface area (Å²) in [5, 5.41) is 12.1. The number of rotatable bonds is 5. The van der Waals surface area contributed by atoms with Crippen LogP contribution in [0.1, 0.15) is 16.2 Å². The average molecular weight is 377 g/mol. The van der Waals surface area contributed by atoms with E-state index in [0.717, 1.165) is 11.3 Å². The molecule has 3 aromatic heterocycles. The number of benzene rings is 1. The number of nitrogen functional groups attached to an aromatic ring is 1. The van der Waals surface area contributed by atoms with E-state index < -0.39 is 0 Å². The van der Waals surface area contributed by atoms with Crippen molar-refractivity contribution in [1.29, 1.82) is 0 Å². The van der Waals surface area contributed by atoms with Gasteiger partial charge in [0.2, 0.25) is 0 Å². The molecule has 0 fully saturated rings. The van der Waals surface area contributed by atoms with Crippen molar-refractivity contribution in [2.24, 2.45) is 0 Å². The largest absolute Gasteiger partial charge is 0.382 e. The maximum absolute atomic E-state index is 12.6. The Morgan fingerprint density at radius 1 is 1.15 bits per heavy atom. The molecule has 4 rings (SSSR count). The number of thiazole rings is 1. The lowest BCUT2D eigenvalue weighted by molar-refractivity contribution is 0.0946. The van der Waals surface area contributed by atoms with E-state index in [1.54, 1.807) is 18.5 Å². The molecule has 0 spiro atoms. The summed E-state index contributed by atoms with van der Waals surface area (Å²) in [6.45, 7) is 0.273. The summed E-state index contributed by atoms with van der Waals surface area (Å²) in [6, 6.07) is 11.2. The number of H-pyrrole nitrogens is 1. The zero-order chi connectivity index (χ0) is 18.6. The predicted molar refractivity (Wildman–Crippen MR) is 103 cm³/mol. The number of amides is 1. The van der Waals surface area contributed by atoms with Crippen molar-refractivity contribution in [2.75, 3.05) is 5.73 Å². The summed E-state index contributed by atoms with van der Waals surface area (Å²) < 4.78 is 0. The van der Waals surface area contributed by atoms with Gasteiger partial charge in [-0.15, -0.1) is 11.3 Å². The highest BCUT2D eigenvalue weighted by molar-refractivity contribution is 7.13. The summed E-state index contributed by atoms with van der Waals surface area (Å²) in [6.07, 6.45) is 3.33. The standard InChI is InChI=1S/C18H15N7OS/c19-15-13(11-5-2-1-3-6-11)14(24-25-15)17(26)22-9-12-10-27-18(23-12)16-20-7-4-8-21-16/h1-8,10H,9H2,(H,22,26)(H3,19,24,25). The van der Waals surface area contributed by atoms with Gasteiger partial charge in [0.1, 0.15) is 5.69 Å². The van der Waals surface area contributed by atoms with Gasteiger partial charge in [-0.1, -0.05) is 30.3 Å². The van der Waals surface area contributed by atoms with Gasteiger partial charge in [0.25, 0.3) is 5.91 Å². The third-order valence-corrected chi connectivity index (χ3v) is 4.71. The van der Waals surface area contributed by atoms with Crippen LogP contribution in [0.4, 0.5) is 5.82 Å². The summed E-state index contributed by atoms with van der Waals surface area (Å²) >= 11 is 1.43. The maximum atomic E-state index is 12.6. The quantitative estimate of drug-likeness (QED) is 0.491. The van der Waals surface area contributed by atoms with Gasteiger partial charge >= 0.3 is 0 Å². The van der Waals surface area contributed by atoms with E-state index in [4.69, 9.17) is 5.73 Å². The number of carbonyl (C=O) groups excluding carboxylic acids is 1. The Morgan fingerprint density at radius 2 is 1.93 bits per heavy atom. The van der Waals surface area contributed by atoms with E-state index in [1.807, 2.05) is 35.7 Å². The first kappa shape index (κ1) is 16.9. The van der Waals surface area contributed by atoms with Crippen molar-refractivity contribution in [3.8, 4) is 22.0 Å². The lowest BCUT2D eigenvalue weighted by Gasteiger charge is -2.05. The van der Waals surface area contributed by atoms with Gasteiger partial charge in [0.05, 0.1) is 17.8 Å². The van der Waals surface area contributed by atoms with Gasteiger partial charge in [-0.2, -0.15) is 5.10 Å². The fourth-order valence-electron chi connectivity index (χ4n) is 2.58. The van der Waals surface area contributed by atoms with Gasteiger partial charge in [-0.3, -0.25) is 9.89 Å². The van der Waals surface area contributed by atoms with Gasteiger partial charge in [0.15, 0.2) is 16.6 Å². The minimum Gasteiger partial charge on any atom is -0.382 e. The minimum absolute atomic E-state index is 0.273. The van der Waals surface area contributed by atoms with Crippen LogP contribution < -0.4 is 11.1 Å². The molecule has 0 saturated carbocycles. The molecule has 1 amide bonds. The fourth-order valence-corrected chi connectivity index (χ4v) is 3.34. The molecule has 1 aromatic carbocycles. The molecular formula is C18H15N7OS. The summed E-state index contributed by atoms with van der Waals surface area (Å²) in [4.78, 5) is 25.4. The second kappa shape index (κ2) is 7.34. The number of hydrogen-bond acceptors (Lipinski definition) is 7. The number of hydrogen-bond donors (Lipinski definition) is 3. The highest BCUT2D eigenvalue weighted by Crippen LogP contribution is 2.27. The molecule has 0 bridgehead atoms. The first-order chi connectivity index (χ1) is 13.2. The Morgan fingerprint density at radius 3 is 2.70 bits per heavy atom. The molecular weight excluding hydrogens is 362 g/mol. The highest BCUT2D eigenvalue weighted by atomic mass is 32.1. The van der Waals surface area contributed by atoms with Crippen LogP contribution in [-0.4, -0.2) is 31.1 Å². The molecule has 3 heterocycles. The van der Waals surface area contributed by atoms with Gasteiger partial charge < -0.3 is 11.1 Å². The zero-order valence-electron chi connectivity index (χ0n) is 14.1. The van der Waals surface area contributed by atoms with Gasteiger partial charge in [-0.05, 0) is 11.6 Å². The van der Waals surface area contributed by atoms with Crippen LogP contribution in [0.15, 0.2) is 54.2 Å². The molecule has 0 atom stereocenters. The zero-order valence-corrected chi connectivity index (χ0v) is 14.9. The number of carbonyl (C=O) groups is 1. The van der Waals surface area contributed by atoms with Crippen molar-refractivity contribution in [1.82, 2.24) is 30.5 Å². The van der Waals surface area contributed by atoms with Crippen molar-refractivity contribution >= 4 is 23.1 Å². The van der Waals surface area contributed by atoms with Crippen molar-refractivity contribution in [2.45, 2.75) is 6.54 Å². The number of nitrogens with zero attached hydrogens (tertiary/aromatic N) is 4. The number of nitrogens with two attached hydrogens (primary N) is 1. The maximum Gasteiger partial charge on any atom is 0.270 e. The molecule has 134 valence electrons. The monoisotopic (exact) mass is 377 g/mol. The normalized spacial score (nSPS) is 10.7. The van der Waals surface area contributed by atoms with Crippen LogP contribution in [0, 0.1) is 0 Å². The van der Waals surface area contributed by atoms with Crippen molar-refractivity contribution in [3.63, 3.8) is 0 Å². The van der Waals surface area contributed by atoms with E-state index >= 15 is 0 Å².